The maximum absolute atomic E-state index is 4.19. The number of rotatable bonds is 3. The van der Waals surface area contributed by atoms with Gasteiger partial charge in [0.2, 0.25) is 0 Å². The molecular weight excluding hydrogens is 162 g/mol. The second kappa shape index (κ2) is 3.90. The molecule has 0 aliphatic carbocycles. The van der Waals surface area contributed by atoms with E-state index in [1.165, 1.54) is 5.69 Å². The number of aryl methyl sites for hydroxylation is 1. The molecule has 0 atom stereocenters. The van der Waals surface area contributed by atoms with Crippen molar-refractivity contribution < 1.29 is 0 Å². The third kappa shape index (κ3) is 1.90. The first-order chi connectivity index (χ1) is 6.07. The van der Waals surface area contributed by atoms with Crippen LogP contribution < -0.4 is 0 Å². The maximum atomic E-state index is 4.19. The lowest BCUT2D eigenvalue weighted by Gasteiger charge is -2.13. The van der Waals surface area contributed by atoms with Crippen molar-refractivity contribution in [2.75, 3.05) is 0 Å². The van der Waals surface area contributed by atoms with E-state index in [2.05, 4.69) is 44.9 Å². The fraction of sp³-hybridized carbons (Fsp3) is 0.800. The molecule has 0 aliphatic heterocycles. The first kappa shape index (κ1) is 10.2. The van der Waals surface area contributed by atoms with E-state index in [0.717, 1.165) is 12.1 Å². The Kier molecular flexibility index (Phi) is 3.07. The summed E-state index contributed by atoms with van der Waals surface area (Å²) < 4.78 is 2.03. The van der Waals surface area contributed by atoms with Gasteiger partial charge in [-0.3, -0.25) is 0 Å². The molecule has 0 bridgehead atoms. The summed E-state index contributed by atoms with van der Waals surface area (Å²) in [6.07, 6.45) is 0.972. The van der Waals surface area contributed by atoms with E-state index >= 15 is 0 Å². The van der Waals surface area contributed by atoms with Gasteiger partial charge in [0.1, 0.15) is 0 Å². The molecule has 0 amide bonds. The fourth-order valence-corrected chi connectivity index (χ4v) is 1.56. The van der Waals surface area contributed by atoms with Gasteiger partial charge in [0.05, 0.1) is 11.4 Å². The monoisotopic (exact) mass is 181 g/mol. The Morgan fingerprint density at radius 3 is 2.23 bits per heavy atom. The van der Waals surface area contributed by atoms with Crippen molar-refractivity contribution >= 4 is 0 Å². The van der Waals surface area contributed by atoms with Gasteiger partial charge in [-0.2, -0.15) is 0 Å². The van der Waals surface area contributed by atoms with Gasteiger partial charge in [0.15, 0.2) is 0 Å². The molecule has 74 valence electrons. The Bertz CT molecular complexity index is 274. The minimum absolute atomic E-state index is 0.408. The first-order valence-electron chi connectivity index (χ1n) is 5.01. The molecule has 0 N–H and O–H groups in total. The average molecular weight is 181 g/mol. The van der Waals surface area contributed by atoms with Crippen molar-refractivity contribution in [3.63, 3.8) is 0 Å². The van der Waals surface area contributed by atoms with Crippen molar-refractivity contribution in [1.82, 2.24) is 15.0 Å². The zero-order valence-corrected chi connectivity index (χ0v) is 9.20. The zero-order valence-electron chi connectivity index (χ0n) is 9.20. The summed E-state index contributed by atoms with van der Waals surface area (Å²) in [5.74, 6) is 0.507. The van der Waals surface area contributed by atoms with E-state index in [1.54, 1.807) is 0 Å². The highest BCUT2D eigenvalue weighted by Gasteiger charge is 2.15. The van der Waals surface area contributed by atoms with Crippen molar-refractivity contribution in [2.45, 2.75) is 53.0 Å². The molecule has 0 aliphatic rings. The van der Waals surface area contributed by atoms with Gasteiger partial charge >= 0.3 is 0 Å². The summed E-state index contributed by atoms with van der Waals surface area (Å²) in [5, 5.41) is 8.36. The topological polar surface area (TPSA) is 30.7 Å². The minimum atomic E-state index is 0.408. The molecule has 0 saturated carbocycles. The Morgan fingerprint density at radius 2 is 1.85 bits per heavy atom. The van der Waals surface area contributed by atoms with Gasteiger partial charge in [-0.05, 0) is 26.2 Å². The molecule has 1 aromatic heterocycles. The summed E-state index contributed by atoms with van der Waals surface area (Å²) in [6.45, 7) is 10.8. The van der Waals surface area contributed by atoms with Crippen LogP contribution >= 0.6 is 0 Å². The Balaban J connectivity index is 3.14. The van der Waals surface area contributed by atoms with Gasteiger partial charge in [-0.15, -0.1) is 5.10 Å². The largest absolute Gasteiger partial charge is 0.246 e. The van der Waals surface area contributed by atoms with Crippen molar-refractivity contribution in [1.29, 1.82) is 0 Å². The van der Waals surface area contributed by atoms with E-state index in [1.807, 2.05) is 4.68 Å². The van der Waals surface area contributed by atoms with Crippen LogP contribution in [-0.2, 0) is 6.42 Å². The Morgan fingerprint density at radius 1 is 1.23 bits per heavy atom. The number of hydrogen-bond acceptors (Lipinski definition) is 2. The van der Waals surface area contributed by atoms with Gasteiger partial charge in [-0.25, -0.2) is 4.68 Å². The Hall–Kier alpha value is -0.860. The van der Waals surface area contributed by atoms with Crippen LogP contribution in [0.25, 0.3) is 0 Å². The standard InChI is InChI=1S/C10H19N3/c1-6-9-10(7(2)3)13(8(4)5)12-11-9/h7-8H,6H2,1-5H3. The van der Waals surface area contributed by atoms with Gasteiger partial charge < -0.3 is 0 Å². The molecule has 1 aromatic rings. The molecule has 0 spiro atoms. The molecular formula is C10H19N3. The molecule has 0 saturated heterocycles. The second-order valence-electron chi connectivity index (χ2n) is 3.97. The SMILES string of the molecule is CCc1nnn(C(C)C)c1C(C)C. The molecule has 1 heterocycles. The van der Waals surface area contributed by atoms with E-state index < -0.39 is 0 Å². The maximum Gasteiger partial charge on any atom is 0.0859 e. The highest BCUT2D eigenvalue weighted by atomic mass is 15.4. The van der Waals surface area contributed by atoms with Gasteiger partial charge in [0, 0.05) is 6.04 Å². The number of hydrogen-bond donors (Lipinski definition) is 0. The van der Waals surface area contributed by atoms with Crippen molar-refractivity contribution in [2.24, 2.45) is 0 Å². The lowest BCUT2D eigenvalue weighted by molar-refractivity contribution is 0.484. The van der Waals surface area contributed by atoms with E-state index in [4.69, 9.17) is 0 Å². The van der Waals surface area contributed by atoms with Crippen molar-refractivity contribution in [3.05, 3.63) is 11.4 Å². The van der Waals surface area contributed by atoms with Crippen LogP contribution in [0.2, 0.25) is 0 Å². The van der Waals surface area contributed by atoms with E-state index in [0.29, 0.717) is 12.0 Å². The normalized spacial score (nSPS) is 11.6. The summed E-state index contributed by atoms with van der Waals surface area (Å²) in [7, 11) is 0. The average Bonchev–Trinajstić information content (AvgIpc) is 2.46. The Labute approximate surface area is 80.1 Å². The lowest BCUT2D eigenvalue weighted by Crippen LogP contribution is -2.09. The first-order valence-corrected chi connectivity index (χ1v) is 5.01. The van der Waals surface area contributed by atoms with Crippen molar-refractivity contribution in [3.8, 4) is 0 Å². The second-order valence-corrected chi connectivity index (χ2v) is 3.97. The molecule has 13 heavy (non-hydrogen) atoms. The number of nitrogens with zero attached hydrogens (tertiary/aromatic N) is 3. The van der Waals surface area contributed by atoms with Crippen LogP contribution in [0.4, 0.5) is 0 Å². The smallest absolute Gasteiger partial charge is 0.0859 e. The highest BCUT2D eigenvalue weighted by molar-refractivity contribution is 5.14. The zero-order chi connectivity index (χ0) is 10.0. The van der Waals surface area contributed by atoms with Crippen LogP contribution in [0, 0.1) is 0 Å². The van der Waals surface area contributed by atoms with E-state index in [-0.39, 0.29) is 0 Å². The predicted molar refractivity (Wildman–Crippen MR) is 53.9 cm³/mol. The quantitative estimate of drug-likeness (QED) is 0.717. The summed E-state index contributed by atoms with van der Waals surface area (Å²) in [6, 6.07) is 0.408. The lowest BCUT2D eigenvalue weighted by atomic mass is 10.1. The molecule has 0 fully saturated rings. The summed E-state index contributed by atoms with van der Waals surface area (Å²) in [5.41, 5.74) is 2.43. The number of aromatic nitrogens is 3. The van der Waals surface area contributed by atoms with Crippen LogP contribution in [0.1, 0.15) is 58.0 Å². The summed E-state index contributed by atoms with van der Waals surface area (Å²) in [4.78, 5) is 0. The fourth-order valence-electron chi connectivity index (χ4n) is 1.56. The van der Waals surface area contributed by atoms with Gasteiger partial charge in [-0.1, -0.05) is 26.0 Å². The predicted octanol–water partition coefficient (Wildman–Crippen LogP) is 2.54. The van der Waals surface area contributed by atoms with Crippen LogP contribution in [0.15, 0.2) is 0 Å². The minimum Gasteiger partial charge on any atom is -0.246 e. The third-order valence-corrected chi connectivity index (χ3v) is 2.18. The van der Waals surface area contributed by atoms with Crippen LogP contribution in [0.3, 0.4) is 0 Å². The van der Waals surface area contributed by atoms with Crippen LogP contribution in [0.5, 0.6) is 0 Å². The highest BCUT2D eigenvalue weighted by Crippen LogP contribution is 2.20. The summed E-state index contributed by atoms with van der Waals surface area (Å²) >= 11 is 0. The van der Waals surface area contributed by atoms with Gasteiger partial charge in [0.25, 0.3) is 0 Å². The molecule has 0 aromatic carbocycles. The molecule has 3 heteroatoms. The molecule has 0 radical (unpaired) electrons. The molecule has 1 rings (SSSR count). The third-order valence-electron chi connectivity index (χ3n) is 2.18. The van der Waals surface area contributed by atoms with Crippen LogP contribution in [-0.4, -0.2) is 15.0 Å². The molecule has 3 nitrogen and oxygen atoms in total. The van der Waals surface area contributed by atoms with E-state index in [9.17, 15) is 0 Å². The molecule has 0 unspecified atom stereocenters.